The van der Waals surface area contributed by atoms with Crippen LogP contribution in [0.4, 0.5) is 0 Å². The molecule has 0 unspecified atom stereocenters. The van der Waals surface area contributed by atoms with Gasteiger partial charge in [-0.1, -0.05) is 29.8 Å². The Kier molecular flexibility index (Phi) is 6.24. The molecule has 0 aliphatic carbocycles. The van der Waals surface area contributed by atoms with Crippen molar-refractivity contribution in [1.29, 1.82) is 0 Å². The van der Waals surface area contributed by atoms with Gasteiger partial charge in [0.15, 0.2) is 6.61 Å². The van der Waals surface area contributed by atoms with Gasteiger partial charge in [-0.05, 0) is 56.5 Å². The van der Waals surface area contributed by atoms with Crippen molar-refractivity contribution in [3.63, 3.8) is 0 Å². The minimum absolute atomic E-state index is 0.00552. The molecular formula is C20H25NO3. The number of hydrogen-bond donors (Lipinski definition) is 1. The summed E-state index contributed by atoms with van der Waals surface area (Å²) in [6, 6.07) is 11.7. The zero-order chi connectivity index (χ0) is 17.5. The third-order valence-electron chi connectivity index (χ3n) is 3.94. The Morgan fingerprint density at radius 3 is 2.29 bits per heavy atom. The van der Waals surface area contributed by atoms with Crippen molar-refractivity contribution in [1.82, 2.24) is 5.32 Å². The molecule has 0 atom stereocenters. The van der Waals surface area contributed by atoms with Gasteiger partial charge in [-0.3, -0.25) is 4.79 Å². The van der Waals surface area contributed by atoms with Gasteiger partial charge >= 0.3 is 0 Å². The van der Waals surface area contributed by atoms with E-state index in [4.69, 9.17) is 9.47 Å². The summed E-state index contributed by atoms with van der Waals surface area (Å²) in [7, 11) is 0. The number of benzene rings is 2. The number of carbonyl (C=O) groups excluding carboxylic acids is 1. The molecule has 0 saturated heterocycles. The highest BCUT2D eigenvalue weighted by Crippen LogP contribution is 2.25. The molecule has 1 amide bonds. The van der Waals surface area contributed by atoms with Crippen LogP contribution in [-0.4, -0.2) is 25.7 Å². The van der Waals surface area contributed by atoms with Gasteiger partial charge in [-0.2, -0.15) is 0 Å². The summed E-state index contributed by atoms with van der Waals surface area (Å²) in [5.74, 6) is 1.44. The Morgan fingerprint density at radius 2 is 1.58 bits per heavy atom. The van der Waals surface area contributed by atoms with Gasteiger partial charge in [0.2, 0.25) is 0 Å². The lowest BCUT2D eigenvalue weighted by atomic mass is 10.1. The standard InChI is InChI=1S/C20H25NO3/c1-14-5-9-18(10-6-14)24-13-19(22)21-11-12-23-20-16(3)8-7-15(2)17(20)4/h5-10H,11-13H2,1-4H3,(H,21,22). The molecule has 0 radical (unpaired) electrons. The molecule has 1 N–H and O–H groups in total. The normalized spacial score (nSPS) is 10.3. The molecule has 0 bridgehead atoms. The van der Waals surface area contributed by atoms with E-state index in [1.165, 1.54) is 5.56 Å². The van der Waals surface area contributed by atoms with Crippen LogP contribution < -0.4 is 14.8 Å². The lowest BCUT2D eigenvalue weighted by Gasteiger charge is -2.14. The smallest absolute Gasteiger partial charge is 0.258 e. The van der Waals surface area contributed by atoms with E-state index >= 15 is 0 Å². The molecule has 4 heteroatoms. The molecule has 4 nitrogen and oxygen atoms in total. The minimum atomic E-state index is -0.156. The summed E-state index contributed by atoms with van der Waals surface area (Å²) < 4.78 is 11.3. The SMILES string of the molecule is Cc1ccc(OCC(=O)NCCOc2c(C)ccc(C)c2C)cc1. The van der Waals surface area contributed by atoms with Crippen molar-refractivity contribution < 1.29 is 14.3 Å². The fourth-order valence-corrected chi connectivity index (χ4v) is 2.33. The van der Waals surface area contributed by atoms with E-state index in [0.29, 0.717) is 18.9 Å². The van der Waals surface area contributed by atoms with Gasteiger partial charge in [0.1, 0.15) is 18.1 Å². The monoisotopic (exact) mass is 327 g/mol. The summed E-state index contributed by atoms with van der Waals surface area (Å²) in [6.45, 7) is 9.03. The third kappa shape index (κ3) is 5.01. The summed E-state index contributed by atoms with van der Waals surface area (Å²) in [4.78, 5) is 11.8. The zero-order valence-corrected chi connectivity index (χ0v) is 14.8. The Hall–Kier alpha value is -2.49. The van der Waals surface area contributed by atoms with Crippen molar-refractivity contribution in [2.75, 3.05) is 19.8 Å². The van der Waals surface area contributed by atoms with Crippen LogP contribution in [0, 0.1) is 27.7 Å². The predicted octanol–water partition coefficient (Wildman–Crippen LogP) is 3.49. The van der Waals surface area contributed by atoms with E-state index in [1.807, 2.05) is 51.1 Å². The van der Waals surface area contributed by atoms with Crippen LogP contribution in [-0.2, 0) is 4.79 Å². The number of aryl methyl sites for hydroxylation is 3. The fraction of sp³-hybridized carbons (Fsp3) is 0.350. The molecule has 0 aromatic heterocycles. The fourth-order valence-electron chi connectivity index (χ4n) is 2.33. The molecule has 128 valence electrons. The maximum Gasteiger partial charge on any atom is 0.258 e. The number of amides is 1. The molecule has 0 aliphatic heterocycles. The summed E-state index contributed by atoms with van der Waals surface area (Å²) >= 11 is 0. The van der Waals surface area contributed by atoms with Gasteiger partial charge in [-0.25, -0.2) is 0 Å². The van der Waals surface area contributed by atoms with Crippen LogP contribution in [0.3, 0.4) is 0 Å². The lowest BCUT2D eigenvalue weighted by molar-refractivity contribution is -0.123. The molecule has 2 rings (SSSR count). The number of hydrogen-bond acceptors (Lipinski definition) is 3. The van der Waals surface area contributed by atoms with E-state index < -0.39 is 0 Å². The van der Waals surface area contributed by atoms with Crippen molar-refractivity contribution >= 4 is 5.91 Å². The summed E-state index contributed by atoms with van der Waals surface area (Å²) in [5, 5.41) is 2.80. The van der Waals surface area contributed by atoms with Gasteiger partial charge in [0.05, 0.1) is 6.54 Å². The van der Waals surface area contributed by atoms with Crippen molar-refractivity contribution in [3.8, 4) is 11.5 Å². The van der Waals surface area contributed by atoms with Gasteiger partial charge in [0.25, 0.3) is 5.91 Å². The third-order valence-corrected chi connectivity index (χ3v) is 3.94. The Labute approximate surface area is 143 Å². The van der Waals surface area contributed by atoms with Gasteiger partial charge < -0.3 is 14.8 Å². The molecule has 2 aromatic rings. The number of ether oxygens (including phenoxy) is 2. The molecule has 0 heterocycles. The summed E-state index contributed by atoms with van der Waals surface area (Å²) in [5.41, 5.74) is 4.60. The lowest BCUT2D eigenvalue weighted by Crippen LogP contribution is -2.32. The zero-order valence-electron chi connectivity index (χ0n) is 14.8. The van der Waals surface area contributed by atoms with Crippen LogP contribution >= 0.6 is 0 Å². The molecule has 0 spiro atoms. The van der Waals surface area contributed by atoms with E-state index in [2.05, 4.69) is 18.3 Å². The van der Waals surface area contributed by atoms with Crippen molar-refractivity contribution in [2.24, 2.45) is 0 Å². The second-order valence-electron chi connectivity index (χ2n) is 5.95. The van der Waals surface area contributed by atoms with Crippen LogP contribution in [0.5, 0.6) is 11.5 Å². The predicted molar refractivity (Wildman–Crippen MR) is 95.8 cm³/mol. The minimum Gasteiger partial charge on any atom is -0.491 e. The molecule has 0 fully saturated rings. The number of rotatable bonds is 7. The first-order chi connectivity index (χ1) is 11.5. The van der Waals surface area contributed by atoms with Gasteiger partial charge in [-0.15, -0.1) is 0 Å². The quantitative estimate of drug-likeness (QED) is 0.792. The van der Waals surface area contributed by atoms with E-state index in [1.54, 1.807) is 0 Å². The second-order valence-corrected chi connectivity index (χ2v) is 5.95. The van der Waals surface area contributed by atoms with E-state index in [9.17, 15) is 4.79 Å². The Balaban J connectivity index is 1.71. The number of carbonyl (C=O) groups is 1. The second kappa shape index (κ2) is 8.39. The Bertz CT molecular complexity index is 693. The Morgan fingerprint density at radius 1 is 0.917 bits per heavy atom. The molecular weight excluding hydrogens is 302 g/mol. The topological polar surface area (TPSA) is 47.6 Å². The van der Waals surface area contributed by atoms with Crippen LogP contribution in [0.25, 0.3) is 0 Å². The average molecular weight is 327 g/mol. The first kappa shape index (κ1) is 17.9. The van der Waals surface area contributed by atoms with Gasteiger partial charge in [0, 0.05) is 0 Å². The first-order valence-electron chi connectivity index (χ1n) is 8.13. The molecule has 0 saturated carbocycles. The highest BCUT2D eigenvalue weighted by molar-refractivity contribution is 5.77. The highest BCUT2D eigenvalue weighted by Gasteiger charge is 2.07. The van der Waals surface area contributed by atoms with E-state index in [0.717, 1.165) is 22.4 Å². The van der Waals surface area contributed by atoms with Crippen LogP contribution in [0.1, 0.15) is 22.3 Å². The van der Waals surface area contributed by atoms with Crippen molar-refractivity contribution in [3.05, 3.63) is 58.7 Å². The number of nitrogens with one attached hydrogen (secondary N) is 1. The molecule has 2 aromatic carbocycles. The highest BCUT2D eigenvalue weighted by atomic mass is 16.5. The molecule has 0 aliphatic rings. The largest absolute Gasteiger partial charge is 0.491 e. The maximum absolute atomic E-state index is 11.8. The summed E-state index contributed by atoms with van der Waals surface area (Å²) in [6.07, 6.45) is 0. The average Bonchev–Trinajstić information content (AvgIpc) is 2.57. The molecule has 24 heavy (non-hydrogen) atoms. The maximum atomic E-state index is 11.8. The van der Waals surface area contributed by atoms with Crippen molar-refractivity contribution in [2.45, 2.75) is 27.7 Å². The van der Waals surface area contributed by atoms with E-state index in [-0.39, 0.29) is 12.5 Å². The van der Waals surface area contributed by atoms with Crippen LogP contribution in [0.2, 0.25) is 0 Å². The first-order valence-corrected chi connectivity index (χ1v) is 8.13. The van der Waals surface area contributed by atoms with Crippen LogP contribution in [0.15, 0.2) is 36.4 Å².